The lowest BCUT2D eigenvalue weighted by atomic mass is 9.70. The zero-order chi connectivity index (χ0) is 28.8. The molecule has 1 N–H and O–H groups in total. The van der Waals surface area contributed by atoms with Gasteiger partial charge in [0.2, 0.25) is 11.8 Å². The van der Waals surface area contributed by atoms with Crippen LogP contribution in [0.15, 0.2) is 25.3 Å². The summed E-state index contributed by atoms with van der Waals surface area (Å²) >= 11 is 5.36. The average molecular weight is 614 g/mol. The van der Waals surface area contributed by atoms with Gasteiger partial charge in [-0.15, -0.1) is 18.3 Å². The molecular formula is C29H45BrN2O5S. The fraction of sp³-hybridized carbons (Fsp3) is 0.759. The number of aliphatic hydroxyl groups excluding tert-OH is 1. The van der Waals surface area contributed by atoms with Gasteiger partial charge < -0.3 is 19.6 Å². The number of rotatable bonds is 11. The number of esters is 1. The number of fused-ring (bicyclic) bond motifs is 1. The number of ether oxygens (including phenoxy) is 1. The molecule has 38 heavy (non-hydrogen) atoms. The van der Waals surface area contributed by atoms with Crippen LogP contribution in [0.2, 0.25) is 0 Å². The maximum absolute atomic E-state index is 14.8. The fourth-order valence-electron chi connectivity index (χ4n) is 7.14. The van der Waals surface area contributed by atoms with Gasteiger partial charge in [0, 0.05) is 22.2 Å². The highest BCUT2D eigenvalue weighted by molar-refractivity contribution is 9.09. The second-order valence-corrected chi connectivity index (χ2v) is 15.8. The molecule has 3 heterocycles. The van der Waals surface area contributed by atoms with Crippen molar-refractivity contribution in [3.63, 3.8) is 0 Å². The van der Waals surface area contributed by atoms with Crippen LogP contribution in [-0.2, 0) is 19.1 Å². The molecule has 0 aromatic carbocycles. The number of aliphatic hydroxyl groups is 1. The first-order valence-corrected chi connectivity index (χ1v) is 15.3. The molecule has 3 aliphatic heterocycles. The molecule has 0 aromatic heterocycles. The Morgan fingerprint density at radius 3 is 2.39 bits per heavy atom. The standard InChI is InChI=1S/C29H45BrN2O5S/c1-10-12-31(28(8,9)16-27(5,6)7)25(35)23-29-14-18(30)22(38-29)20(26(36)37-13-11-2)21(29)24(34)32(23)19(15-33)17(3)4/h10-11,17-23,33H,1-2,12-16H2,3-9H3/t18?,19-,20+,21-,22+,23?,29?/m0/s1. The molecule has 0 aromatic rings. The van der Waals surface area contributed by atoms with E-state index in [1.165, 1.54) is 6.08 Å². The molecule has 0 aliphatic carbocycles. The van der Waals surface area contributed by atoms with E-state index in [9.17, 15) is 19.5 Å². The highest BCUT2D eigenvalue weighted by atomic mass is 79.9. The summed E-state index contributed by atoms with van der Waals surface area (Å²) in [6.07, 6.45) is 4.57. The second-order valence-electron chi connectivity index (χ2n) is 13.1. The number of thioether (sulfide) groups is 1. The number of halogens is 1. The first kappa shape index (κ1) is 31.2. The minimum absolute atomic E-state index is 0.0394. The predicted molar refractivity (Wildman–Crippen MR) is 156 cm³/mol. The summed E-state index contributed by atoms with van der Waals surface area (Å²) in [5, 5.41) is 10.3. The van der Waals surface area contributed by atoms with E-state index >= 15 is 0 Å². The van der Waals surface area contributed by atoms with Gasteiger partial charge in [-0.3, -0.25) is 14.4 Å². The van der Waals surface area contributed by atoms with Gasteiger partial charge in [0.25, 0.3) is 0 Å². The van der Waals surface area contributed by atoms with Crippen LogP contribution in [0.4, 0.5) is 0 Å². The lowest BCUT2D eigenvalue weighted by Gasteiger charge is -2.47. The summed E-state index contributed by atoms with van der Waals surface area (Å²) in [6, 6.07) is -1.36. The van der Waals surface area contributed by atoms with E-state index in [2.05, 4.69) is 63.7 Å². The number of carbonyl (C=O) groups is 3. The van der Waals surface area contributed by atoms with E-state index < -0.39 is 40.2 Å². The summed E-state index contributed by atoms with van der Waals surface area (Å²) in [6.45, 7) is 22.2. The van der Waals surface area contributed by atoms with Crippen molar-refractivity contribution in [3.05, 3.63) is 25.3 Å². The molecule has 2 bridgehead atoms. The van der Waals surface area contributed by atoms with E-state index in [1.54, 1.807) is 22.7 Å². The second kappa shape index (κ2) is 11.3. The number of amides is 2. The average Bonchev–Trinajstić information content (AvgIpc) is 3.38. The fourth-order valence-corrected chi connectivity index (χ4v) is 10.7. The van der Waals surface area contributed by atoms with E-state index in [4.69, 9.17) is 4.74 Å². The van der Waals surface area contributed by atoms with Crippen LogP contribution < -0.4 is 0 Å². The van der Waals surface area contributed by atoms with Gasteiger partial charge in [-0.25, -0.2) is 0 Å². The summed E-state index contributed by atoms with van der Waals surface area (Å²) in [5.41, 5.74) is -0.556. The van der Waals surface area contributed by atoms with Gasteiger partial charge in [-0.05, 0) is 38.0 Å². The van der Waals surface area contributed by atoms with Gasteiger partial charge >= 0.3 is 5.97 Å². The third kappa shape index (κ3) is 5.36. The molecule has 214 valence electrons. The van der Waals surface area contributed by atoms with Gasteiger partial charge in [0.15, 0.2) is 0 Å². The Kier molecular flexibility index (Phi) is 9.26. The minimum atomic E-state index is -0.814. The maximum Gasteiger partial charge on any atom is 0.311 e. The molecule has 3 fully saturated rings. The topological polar surface area (TPSA) is 87.2 Å². The lowest BCUT2D eigenvalue weighted by Crippen LogP contribution is -2.62. The Labute approximate surface area is 240 Å². The molecule has 2 amide bonds. The monoisotopic (exact) mass is 612 g/mol. The highest BCUT2D eigenvalue weighted by Gasteiger charge is 2.77. The quantitative estimate of drug-likeness (QED) is 0.211. The van der Waals surface area contributed by atoms with Crippen LogP contribution in [0, 0.1) is 23.2 Å². The largest absolute Gasteiger partial charge is 0.461 e. The lowest BCUT2D eigenvalue weighted by molar-refractivity contribution is -0.154. The molecule has 7 atom stereocenters. The third-order valence-corrected chi connectivity index (χ3v) is 11.4. The smallest absolute Gasteiger partial charge is 0.311 e. The zero-order valence-corrected chi connectivity index (χ0v) is 26.3. The Bertz CT molecular complexity index is 963. The summed E-state index contributed by atoms with van der Waals surface area (Å²) < 4.78 is 4.67. The van der Waals surface area contributed by atoms with Crippen molar-refractivity contribution in [1.29, 1.82) is 0 Å². The number of hydrogen-bond donors (Lipinski definition) is 1. The van der Waals surface area contributed by atoms with E-state index in [1.807, 2.05) is 18.7 Å². The van der Waals surface area contributed by atoms with Gasteiger partial charge in [-0.2, -0.15) is 0 Å². The first-order valence-electron chi connectivity index (χ1n) is 13.5. The van der Waals surface area contributed by atoms with Crippen LogP contribution in [0.3, 0.4) is 0 Å². The zero-order valence-electron chi connectivity index (χ0n) is 23.9. The Morgan fingerprint density at radius 1 is 1.26 bits per heavy atom. The van der Waals surface area contributed by atoms with Crippen molar-refractivity contribution in [2.75, 3.05) is 19.8 Å². The number of hydrogen-bond acceptors (Lipinski definition) is 6. The molecule has 3 unspecified atom stereocenters. The van der Waals surface area contributed by atoms with Crippen LogP contribution in [0.25, 0.3) is 0 Å². The Balaban J connectivity index is 2.17. The Hall–Kier alpha value is -1.32. The molecule has 3 saturated heterocycles. The molecule has 0 radical (unpaired) electrons. The number of likely N-dealkylation sites (tertiary alicyclic amines) is 1. The van der Waals surface area contributed by atoms with Gasteiger partial charge in [-0.1, -0.05) is 69.3 Å². The molecule has 9 heteroatoms. The van der Waals surface area contributed by atoms with Crippen LogP contribution >= 0.6 is 27.7 Å². The van der Waals surface area contributed by atoms with Gasteiger partial charge in [0.1, 0.15) is 12.6 Å². The number of carbonyl (C=O) groups excluding carboxylic acids is 3. The van der Waals surface area contributed by atoms with Crippen LogP contribution in [0.5, 0.6) is 0 Å². The molecule has 7 nitrogen and oxygen atoms in total. The van der Waals surface area contributed by atoms with Crippen molar-refractivity contribution in [2.45, 2.75) is 93.8 Å². The van der Waals surface area contributed by atoms with Crippen LogP contribution in [-0.4, -0.2) is 84.9 Å². The third-order valence-electron chi connectivity index (χ3n) is 8.16. The molecule has 1 spiro atoms. The Morgan fingerprint density at radius 2 is 1.89 bits per heavy atom. The predicted octanol–water partition coefficient (Wildman–Crippen LogP) is 4.43. The minimum Gasteiger partial charge on any atom is -0.461 e. The summed E-state index contributed by atoms with van der Waals surface area (Å²) in [4.78, 5) is 45.8. The van der Waals surface area contributed by atoms with Crippen molar-refractivity contribution in [1.82, 2.24) is 9.80 Å². The number of alkyl halides is 1. The van der Waals surface area contributed by atoms with E-state index in [0.29, 0.717) is 13.0 Å². The SMILES string of the molecule is C=CCOC(=O)[C@H]1[C@@H]2SC3(CC2Br)C(C(=O)N(CC=C)C(C)(C)CC(C)(C)C)N([C@@H](CO)C(C)C)C(=O)[C@H]13. The molecule has 3 rings (SSSR count). The van der Waals surface area contributed by atoms with Crippen LogP contribution in [0.1, 0.15) is 61.3 Å². The van der Waals surface area contributed by atoms with Crippen molar-refractivity contribution in [2.24, 2.45) is 23.2 Å². The summed E-state index contributed by atoms with van der Waals surface area (Å²) in [7, 11) is 0. The van der Waals surface area contributed by atoms with Crippen molar-refractivity contribution in [3.8, 4) is 0 Å². The first-order chi connectivity index (χ1) is 17.6. The van der Waals surface area contributed by atoms with E-state index in [0.717, 1.165) is 6.42 Å². The molecular weight excluding hydrogens is 568 g/mol. The van der Waals surface area contributed by atoms with Crippen molar-refractivity contribution >= 4 is 45.5 Å². The maximum atomic E-state index is 14.8. The number of nitrogens with zero attached hydrogens (tertiary/aromatic N) is 2. The molecule has 3 aliphatic rings. The normalized spacial score (nSPS) is 31.4. The van der Waals surface area contributed by atoms with Crippen molar-refractivity contribution < 1.29 is 24.2 Å². The van der Waals surface area contributed by atoms with Gasteiger partial charge in [0.05, 0.1) is 29.2 Å². The summed E-state index contributed by atoms with van der Waals surface area (Å²) in [5.74, 6) is -2.27. The molecule has 0 saturated carbocycles. The van der Waals surface area contributed by atoms with E-state index in [-0.39, 0.29) is 46.4 Å². The highest BCUT2D eigenvalue weighted by Crippen LogP contribution is 2.68.